The molecular weight excluding hydrogens is 244 g/mol. The van der Waals surface area contributed by atoms with Crippen LogP contribution in [0.4, 0.5) is 11.4 Å². The van der Waals surface area contributed by atoms with E-state index in [1.807, 2.05) is 12.1 Å². The molecule has 0 saturated carbocycles. The number of nitro benzene ring substituents is 1. The average molecular weight is 254 g/mol. The Bertz CT molecular complexity index is 760. The summed E-state index contributed by atoms with van der Waals surface area (Å²) in [7, 11) is 0. The van der Waals surface area contributed by atoms with Crippen molar-refractivity contribution in [3.05, 3.63) is 58.6 Å². The van der Waals surface area contributed by atoms with Crippen molar-refractivity contribution in [3.63, 3.8) is 0 Å². The third kappa shape index (κ3) is 2.01. The molecule has 0 amide bonds. The van der Waals surface area contributed by atoms with E-state index in [0.717, 1.165) is 16.5 Å². The highest BCUT2D eigenvalue weighted by Crippen LogP contribution is 2.29. The number of nitrogens with two attached hydrogens (primary N) is 1. The molecule has 1 aromatic heterocycles. The van der Waals surface area contributed by atoms with Gasteiger partial charge in [-0.05, 0) is 36.4 Å². The van der Waals surface area contributed by atoms with E-state index in [1.54, 1.807) is 24.3 Å². The number of rotatable bonds is 2. The van der Waals surface area contributed by atoms with E-state index in [1.165, 1.54) is 12.1 Å². The first-order valence-electron chi connectivity index (χ1n) is 5.67. The molecule has 3 aromatic rings. The molecule has 0 saturated heterocycles. The first kappa shape index (κ1) is 11.3. The van der Waals surface area contributed by atoms with E-state index in [2.05, 4.69) is 0 Å². The van der Waals surface area contributed by atoms with Crippen LogP contribution in [0.15, 0.2) is 52.9 Å². The first-order chi connectivity index (χ1) is 9.13. The van der Waals surface area contributed by atoms with Gasteiger partial charge in [0.15, 0.2) is 0 Å². The van der Waals surface area contributed by atoms with E-state index >= 15 is 0 Å². The molecule has 0 aliphatic carbocycles. The molecular formula is C14H10N2O3. The van der Waals surface area contributed by atoms with Crippen LogP contribution in [0.5, 0.6) is 0 Å². The van der Waals surface area contributed by atoms with Crippen LogP contribution in [-0.4, -0.2) is 4.92 Å². The summed E-state index contributed by atoms with van der Waals surface area (Å²) in [6.45, 7) is 0. The fourth-order valence-electron chi connectivity index (χ4n) is 1.95. The van der Waals surface area contributed by atoms with Gasteiger partial charge in [-0.2, -0.15) is 0 Å². The van der Waals surface area contributed by atoms with Gasteiger partial charge in [0.2, 0.25) is 0 Å². The molecule has 5 heteroatoms. The predicted octanol–water partition coefficient (Wildman–Crippen LogP) is 3.59. The summed E-state index contributed by atoms with van der Waals surface area (Å²) in [6.07, 6.45) is 0. The highest BCUT2D eigenvalue weighted by atomic mass is 16.6. The Morgan fingerprint density at radius 2 is 1.79 bits per heavy atom. The van der Waals surface area contributed by atoms with Gasteiger partial charge in [-0.3, -0.25) is 10.1 Å². The van der Waals surface area contributed by atoms with Gasteiger partial charge in [-0.1, -0.05) is 0 Å². The molecule has 0 unspecified atom stereocenters. The second kappa shape index (κ2) is 4.13. The van der Waals surface area contributed by atoms with Crippen molar-refractivity contribution >= 4 is 22.3 Å². The minimum atomic E-state index is -0.427. The zero-order chi connectivity index (χ0) is 13.4. The summed E-state index contributed by atoms with van der Waals surface area (Å²) in [5, 5.41) is 11.5. The van der Waals surface area contributed by atoms with Gasteiger partial charge in [-0.25, -0.2) is 0 Å². The molecule has 94 valence electrons. The van der Waals surface area contributed by atoms with Gasteiger partial charge in [0.05, 0.1) is 4.92 Å². The van der Waals surface area contributed by atoms with Gasteiger partial charge in [0.1, 0.15) is 11.3 Å². The highest BCUT2D eigenvalue weighted by Gasteiger charge is 2.09. The Balaban J connectivity index is 2.06. The molecule has 3 rings (SSSR count). The van der Waals surface area contributed by atoms with Crippen LogP contribution in [-0.2, 0) is 0 Å². The van der Waals surface area contributed by atoms with Crippen LogP contribution in [0, 0.1) is 10.1 Å². The Hall–Kier alpha value is -2.82. The molecule has 0 fully saturated rings. The quantitative estimate of drug-likeness (QED) is 0.430. The molecule has 0 spiro atoms. The summed E-state index contributed by atoms with van der Waals surface area (Å²) < 4.78 is 5.68. The molecule has 0 atom stereocenters. The molecule has 0 bridgehead atoms. The van der Waals surface area contributed by atoms with Crippen LogP contribution in [0.2, 0.25) is 0 Å². The van der Waals surface area contributed by atoms with Crippen molar-refractivity contribution in [1.82, 2.24) is 0 Å². The second-order valence-corrected chi connectivity index (χ2v) is 4.21. The number of hydrogen-bond acceptors (Lipinski definition) is 4. The third-order valence-electron chi connectivity index (χ3n) is 2.90. The number of benzene rings is 2. The van der Waals surface area contributed by atoms with Gasteiger partial charge in [0.25, 0.3) is 5.69 Å². The Morgan fingerprint density at radius 3 is 2.47 bits per heavy atom. The minimum Gasteiger partial charge on any atom is -0.456 e. The van der Waals surface area contributed by atoms with Crippen LogP contribution < -0.4 is 5.73 Å². The number of nitro groups is 1. The maximum atomic E-state index is 10.6. The smallest absolute Gasteiger partial charge is 0.269 e. The Labute approximate surface area is 108 Å². The molecule has 2 N–H and O–H groups in total. The summed E-state index contributed by atoms with van der Waals surface area (Å²) in [5.74, 6) is 0.662. The third-order valence-corrected chi connectivity index (χ3v) is 2.90. The number of nitrogens with zero attached hydrogens (tertiary/aromatic N) is 1. The van der Waals surface area contributed by atoms with Crippen molar-refractivity contribution in [2.75, 3.05) is 5.73 Å². The SMILES string of the molecule is Nc1ccc2oc(-c3ccc([N+](=O)[O-])cc3)cc2c1. The van der Waals surface area contributed by atoms with Crippen LogP contribution in [0.1, 0.15) is 0 Å². The lowest BCUT2D eigenvalue weighted by atomic mass is 10.1. The number of non-ortho nitro benzene ring substituents is 1. The van der Waals surface area contributed by atoms with E-state index in [4.69, 9.17) is 10.2 Å². The highest BCUT2D eigenvalue weighted by molar-refractivity contribution is 5.85. The van der Waals surface area contributed by atoms with Gasteiger partial charge < -0.3 is 10.2 Å². The van der Waals surface area contributed by atoms with Crippen molar-refractivity contribution in [1.29, 1.82) is 0 Å². The molecule has 2 aromatic carbocycles. The minimum absolute atomic E-state index is 0.0594. The second-order valence-electron chi connectivity index (χ2n) is 4.21. The summed E-state index contributed by atoms with van der Waals surface area (Å²) in [5.41, 5.74) is 7.97. The lowest BCUT2D eigenvalue weighted by Gasteiger charge is -1.95. The summed E-state index contributed by atoms with van der Waals surface area (Å²) in [6, 6.07) is 13.5. The van der Waals surface area contributed by atoms with Gasteiger partial charge >= 0.3 is 0 Å². The number of nitrogen functional groups attached to an aromatic ring is 1. The van der Waals surface area contributed by atoms with Crippen molar-refractivity contribution < 1.29 is 9.34 Å². The normalized spacial score (nSPS) is 10.7. The molecule has 0 aliphatic heterocycles. The average Bonchev–Trinajstić information content (AvgIpc) is 2.81. The van der Waals surface area contributed by atoms with Crippen LogP contribution in [0.3, 0.4) is 0 Å². The fraction of sp³-hybridized carbons (Fsp3) is 0. The van der Waals surface area contributed by atoms with Crippen molar-refractivity contribution in [2.45, 2.75) is 0 Å². The molecule has 0 radical (unpaired) electrons. The standard InChI is InChI=1S/C14H10N2O3/c15-11-3-6-13-10(7-11)8-14(19-13)9-1-4-12(5-2-9)16(17)18/h1-8H,15H2. The topological polar surface area (TPSA) is 82.3 Å². The maximum Gasteiger partial charge on any atom is 0.269 e. The van der Waals surface area contributed by atoms with Gasteiger partial charge in [0, 0.05) is 28.8 Å². The van der Waals surface area contributed by atoms with Crippen LogP contribution >= 0.6 is 0 Å². The maximum absolute atomic E-state index is 10.6. The zero-order valence-corrected chi connectivity index (χ0v) is 9.87. The Kier molecular flexibility index (Phi) is 2.45. The monoisotopic (exact) mass is 254 g/mol. The van der Waals surface area contributed by atoms with E-state index in [9.17, 15) is 10.1 Å². The number of anilines is 1. The lowest BCUT2D eigenvalue weighted by Crippen LogP contribution is -1.86. The summed E-state index contributed by atoms with van der Waals surface area (Å²) in [4.78, 5) is 10.2. The zero-order valence-electron chi connectivity index (χ0n) is 9.87. The largest absolute Gasteiger partial charge is 0.456 e. The molecule has 1 heterocycles. The van der Waals surface area contributed by atoms with E-state index in [-0.39, 0.29) is 5.69 Å². The molecule has 5 nitrogen and oxygen atoms in total. The van der Waals surface area contributed by atoms with Crippen molar-refractivity contribution in [3.8, 4) is 11.3 Å². The number of hydrogen-bond donors (Lipinski definition) is 1. The van der Waals surface area contributed by atoms with E-state index < -0.39 is 4.92 Å². The number of fused-ring (bicyclic) bond motifs is 1. The summed E-state index contributed by atoms with van der Waals surface area (Å²) >= 11 is 0. The fourth-order valence-corrected chi connectivity index (χ4v) is 1.95. The van der Waals surface area contributed by atoms with Gasteiger partial charge in [-0.15, -0.1) is 0 Å². The first-order valence-corrected chi connectivity index (χ1v) is 5.67. The van der Waals surface area contributed by atoms with E-state index in [0.29, 0.717) is 11.4 Å². The molecule has 0 aliphatic rings. The number of furan rings is 1. The Morgan fingerprint density at radius 1 is 1.05 bits per heavy atom. The lowest BCUT2D eigenvalue weighted by molar-refractivity contribution is -0.384. The van der Waals surface area contributed by atoms with Crippen LogP contribution in [0.25, 0.3) is 22.3 Å². The molecule has 19 heavy (non-hydrogen) atoms. The predicted molar refractivity (Wildman–Crippen MR) is 72.7 cm³/mol. The van der Waals surface area contributed by atoms with Crippen molar-refractivity contribution in [2.24, 2.45) is 0 Å².